The minimum Gasteiger partial charge on any atom is -0.359 e. The van der Waals surface area contributed by atoms with Gasteiger partial charge in [-0.25, -0.2) is 17.2 Å². The zero-order valence-electron chi connectivity index (χ0n) is 15.5. The SMILES string of the molecule is O=C(NCc1cccnc1)C(=O)NC[C@H]1OCCN1S(=O)(=O)c1cc(F)ccc1F. The molecule has 0 aliphatic carbocycles. The summed E-state index contributed by atoms with van der Waals surface area (Å²) in [7, 11) is -4.42. The van der Waals surface area contributed by atoms with Gasteiger partial charge in [-0.05, 0) is 29.8 Å². The normalized spacial score (nSPS) is 16.9. The Labute approximate surface area is 171 Å². The highest BCUT2D eigenvalue weighted by Crippen LogP contribution is 2.24. The molecule has 1 atom stereocenters. The Balaban J connectivity index is 1.60. The van der Waals surface area contributed by atoms with Crippen molar-refractivity contribution in [2.24, 2.45) is 0 Å². The van der Waals surface area contributed by atoms with Gasteiger partial charge < -0.3 is 15.4 Å². The molecule has 12 heteroatoms. The fraction of sp³-hybridized carbons (Fsp3) is 0.278. The molecule has 2 heterocycles. The molecule has 2 N–H and O–H groups in total. The van der Waals surface area contributed by atoms with Crippen LogP contribution in [0.2, 0.25) is 0 Å². The third kappa shape index (κ3) is 4.96. The average molecular weight is 440 g/mol. The molecule has 2 aromatic rings. The first-order valence-corrected chi connectivity index (χ1v) is 10.3. The highest BCUT2D eigenvalue weighted by Gasteiger charge is 2.38. The van der Waals surface area contributed by atoms with Gasteiger partial charge in [0.1, 0.15) is 22.8 Å². The molecule has 1 aliphatic heterocycles. The number of pyridine rings is 1. The van der Waals surface area contributed by atoms with E-state index in [0.29, 0.717) is 17.7 Å². The van der Waals surface area contributed by atoms with Gasteiger partial charge in [0.05, 0.1) is 13.2 Å². The predicted molar refractivity (Wildman–Crippen MR) is 99.1 cm³/mol. The smallest absolute Gasteiger partial charge is 0.309 e. The summed E-state index contributed by atoms with van der Waals surface area (Å²) in [5.41, 5.74) is 0.687. The quantitative estimate of drug-likeness (QED) is 0.617. The zero-order chi connectivity index (χ0) is 21.7. The number of nitrogens with zero attached hydrogens (tertiary/aromatic N) is 2. The summed E-state index contributed by atoms with van der Waals surface area (Å²) >= 11 is 0. The number of aromatic nitrogens is 1. The maximum Gasteiger partial charge on any atom is 0.309 e. The Morgan fingerprint density at radius 3 is 2.70 bits per heavy atom. The van der Waals surface area contributed by atoms with Gasteiger partial charge in [-0.3, -0.25) is 14.6 Å². The van der Waals surface area contributed by atoms with Crippen LogP contribution in [0.5, 0.6) is 0 Å². The van der Waals surface area contributed by atoms with Crippen molar-refractivity contribution in [2.75, 3.05) is 19.7 Å². The van der Waals surface area contributed by atoms with E-state index in [2.05, 4.69) is 15.6 Å². The predicted octanol–water partition coefficient (Wildman–Crippen LogP) is 0.139. The van der Waals surface area contributed by atoms with E-state index in [0.717, 1.165) is 10.4 Å². The van der Waals surface area contributed by atoms with E-state index in [9.17, 15) is 26.8 Å². The van der Waals surface area contributed by atoms with Crippen molar-refractivity contribution in [3.05, 3.63) is 59.9 Å². The molecule has 0 saturated carbocycles. The Hall–Kier alpha value is -2.96. The summed E-state index contributed by atoms with van der Waals surface area (Å²) in [5, 5.41) is 4.67. The second-order valence-electron chi connectivity index (χ2n) is 6.27. The molecule has 1 saturated heterocycles. The molecule has 160 valence electrons. The van der Waals surface area contributed by atoms with E-state index >= 15 is 0 Å². The number of carbonyl (C=O) groups excluding carboxylic acids is 2. The molecule has 1 aromatic carbocycles. The Bertz CT molecular complexity index is 1040. The third-order valence-electron chi connectivity index (χ3n) is 4.24. The largest absolute Gasteiger partial charge is 0.359 e. The summed E-state index contributed by atoms with van der Waals surface area (Å²) in [6.07, 6.45) is 1.92. The van der Waals surface area contributed by atoms with Gasteiger partial charge in [-0.1, -0.05) is 6.07 Å². The van der Waals surface area contributed by atoms with Gasteiger partial charge in [0, 0.05) is 25.5 Å². The first-order chi connectivity index (χ1) is 14.3. The van der Waals surface area contributed by atoms with Gasteiger partial charge in [0.25, 0.3) is 0 Å². The number of amides is 2. The molecule has 1 fully saturated rings. The van der Waals surface area contributed by atoms with Crippen molar-refractivity contribution >= 4 is 21.8 Å². The molecular formula is C18H18F2N4O5S. The molecule has 0 spiro atoms. The monoisotopic (exact) mass is 440 g/mol. The van der Waals surface area contributed by atoms with Crippen LogP contribution in [0.4, 0.5) is 8.78 Å². The van der Waals surface area contributed by atoms with Gasteiger partial charge in [-0.2, -0.15) is 4.31 Å². The zero-order valence-corrected chi connectivity index (χ0v) is 16.4. The van der Waals surface area contributed by atoms with Crippen molar-refractivity contribution in [2.45, 2.75) is 17.7 Å². The number of sulfonamides is 1. The fourth-order valence-electron chi connectivity index (χ4n) is 2.77. The third-order valence-corrected chi connectivity index (χ3v) is 6.15. The number of ether oxygens (including phenoxy) is 1. The van der Waals surface area contributed by atoms with Gasteiger partial charge in [-0.15, -0.1) is 0 Å². The number of halogens is 2. The minimum atomic E-state index is -4.42. The van der Waals surface area contributed by atoms with Crippen molar-refractivity contribution < 1.29 is 31.5 Å². The molecule has 0 unspecified atom stereocenters. The van der Waals surface area contributed by atoms with Crippen molar-refractivity contribution in [1.29, 1.82) is 0 Å². The van der Waals surface area contributed by atoms with Crippen LogP contribution in [0.25, 0.3) is 0 Å². The highest BCUT2D eigenvalue weighted by atomic mass is 32.2. The van der Waals surface area contributed by atoms with Gasteiger partial charge in [0.2, 0.25) is 10.0 Å². The molecule has 2 amide bonds. The number of rotatable bonds is 6. The molecule has 3 rings (SSSR count). The Morgan fingerprint density at radius 2 is 1.97 bits per heavy atom. The van der Waals surface area contributed by atoms with Crippen LogP contribution < -0.4 is 10.6 Å². The van der Waals surface area contributed by atoms with E-state index in [-0.39, 0.29) is 26.2 Å². The lowest BCUT2D eigenvalue weighted by Gasteiger charge is -2.23. The van der Waals surface area contributed by atoms with Gasteiger partial charge >= 0.3 is 11.8 Å². The molecule has 0 radical (unpaired) electrons. The second kappa shape index (κ2) is 9.24. The Morgan fingerprint density at radius 1 is 1.20 bits per heavy atom. The first-order valence-electron chi connectivity index (χ1n) is 8.82. The number of hydrogen-bond acceptors (Lipinski definition) is 6. The van der Waals surface area contributed by atoms with Crippen LogP contribution in [-0.2, 0) is 30.9 Å². The summed E-state index contributed by atoms with van der Waals surface area (Å²) in [6.45, 7) is -0.398. The van der Waals surface area contributed by atoms with Crippen LogP contribution in [0.3, 0.4) is 0 Å². The highest BCUT2D eigenvalue weighted by molar-refractivity contribution is 7.89. The minimum absolute atomic E-state index is 0.0100. The van der Waals surface area contributed by atoms with E-state index in [1.165, 1.54) is 6.20 Å². The second-order valence-corrected chi connectivity index (χ2v) is 8.13. The summed E-state index contributed by atoms with van der Waals surface area (Å²) < 4.78 is 58.8. The number of benzene rings is 1. The number of carbonyl (C=O) groups is 2. The van der Waals surface area contributed by atoms with Crippen LogP contribution in [0.1, 0.15) is 5.56 Å². The van der Waals surface area contributed by atoms with Crippen LogP contribution in [0, 0.1) is 11.6 Å². The first kappa shape index (κ1) is 21.7. The summed E-state index contributed by atoms with van der Waals surface area (Å²) in [5.74, 6) is -3.95. The van der Waals surface area contributed by atoms with Crippen molar-refractivity contribution in [3.8, 4) is 0 Å². The van der Waals surface area contributed by atoms with Crippen LogP contribution in [0.15, 0.2) is 47.6 Å². The summed E-state index contributed by atoms with van der Waals surface area (Å²) in [6, 6.07) is 5.48. The molecular weight excluding hydrogens is 422 g/mol. The van der Waals surface area contributed by atoms with Crippen molar-refractivity contribution in [3.63, 3.8) is 0 Å². The Kier molecular flexibility index (Phi) is 6.70. The van der Waals surface area contributed by atoms with Crippen LogP contribution in [-0.4, -0.2) is 55.4 Å². The van der Waals surface area contributed by atoms with Crippen molar-refractivity contribution in [1.82, 2.24) is 19.9 Å². The molecule has 30 heavy (non-hydrogen) atoms. The summed E-state index contributed by atoms with van der Waals surface area (Å²) in [4.78, 5) is 26.9. The molecule has 0 bridgehead atoms. The topological polar surface area (TPSA) is 118 Å². The average Bonchev–Trinajstić information content (AvgIpc) is 3.22. The molecule has 9 nitrogen and oxygen atoms in total. The lowest BCUT2D eigenvalue weighted by molar-refractivity contribution is -0.139. The maximum atomic E-state index is 13.9. The van der Waals surface area contributed by atoms with E-state index < -0.39 is 44.6 Å². The molecule has 1 aliphatic rings. The number of hydrogen-bond donors (Lipinski definition) is 2. The molecule has 1 aromatic heterocycles. The van der Waals surface area contributed by atoms with E-state index in [1.54, 1.807) is 18.3 Å². The number of nitrogens with one attached hydrogen (secondary N) is 2. The van der Waals surface area contributed by atoms with Gasteiger partial charge in [0.15, 0.2) is 0 Å². The van der Waals surface area contributed by atoms with E-state index in [1.807, 2.05) is 0 Å². The van der Waals surface area contributed by atoms with Crippen LogP contribution >= 0.6 is 0 Å². The fourth-order valence-corrected chi connectivity index (χ4v) is 4.36. The standard InChI is InChI=1S/C18H18F2N4O5S/c19-13-3-4-14(20)15(8-13)30(27,28)24-6-7-29-16(24)11-23-18(26)17(25)22-10-12-2-1-5-21-9-12/h1-5,8-9,16H,6-7,10-11H2,(H,22,25)(H,23,26)/t16-/m1/s1. The lowest BCUT2D eigenvalue weighted by atomic mass is 10.3. The lowest BCUT2D eigenvalue weighted by Crippen LogP contribution is -2.47. The maximum absolute atomic E-state index is 13.9. The van der Waals surface area contributed by atoms with E-state index in [4.69, 9.17) is 4.74 Å².